The lowest BCUT2D eigenvalue weighted by Gasteiger charge is -2.01. The van der Waals surface area contributed by atoms with Gasteiger partial charge in [0.25, 0.3) is 0 Å². The summed E-state index contributed by atoms with van der Waals surface area (Å²) in [7, 11) is 0. The molecule has 0 unspecified atom stereocenters. The van der Waals surface area contributed by atoms with Crippen LogP contribution in [-0.4, -0.2) is 12.6 Å². The molecule has 2 nitrogen and oxygen atoms in total. The zero-order chi connectivity index (χ0) is 10.6. The molecule has 0 radical (unpaired) electrons. The first-order valence-electron chi connectivity index (χ1n) is 3.94. The Hall–Kier alpha value is -0.100. The van der Waals surface area contributed by atoms with Crippen LogP contribution in [-0.2, 0) is 0 Å². The molecule has 0 aromatic carbocycles. The molecule has 0 saturated carbocycles. The van der Waals surface area contributed by atoms with E-state index in [1.165, 1.54) is 17.3 Å². The second-order valence-electron chi connectivity index (χ2n) is 2.58. The molecule has 14 heavy (non-hydrogen) atoms. The van der Waals surface area contributed by atoms with Crippen LogP contribution in [0, 0.1) is 6.92 Å². The fourth-order valence-corrected chi connectivity index (χ4v) is 3.24. The van der Waals surface area contributed by atoms with Crippen molar-refractivity contribution in [1.29, 1.82) is 0 Å². The highest BCUT2D eigenvalue weighted by Gasteiger charge is 2.07. The maximum atomic E-state index is 5.45. The van der Waals surface area contributed by atoms with Gasteiger partial charge in [0, 0.05) is 5.88 Å². The second kappa shape index (κ2) is 5.70. The lowest BCUT2D eigenvalue weighted by Crippen LogP contribution is -1.91. The molecule has 1 heterocycles. The first kappa shape index (κ1) is 12.0. The highest BCUT2D eigenvalue weighted by Crippen LogP contribution is 2.34. The number of thiophene rings is 1. The number of halogens is 1. The lowest BCUT2D eigenvalue weighted by atomic mass is 10.3. The van der Waals surface area contributed by atoms with E-state index in [2.05, 4.69) is 46.0 Å². The molecular weight excluding hydrogens is 280 g/mol. The Balaban J connectivity index is 3.02. The van der Waals surface area contributed by atoms with Crippen molar-refractivity contribution in [3.63, 3.8) is 0 Å². The fraction of sp³-hybridized carbons (Fsp3) is 0.222. The monoisotopic (exact) mass is 290 g/mol. The molecule has 0 aliphatic rings. The van der Waals surface area contributed by atoms with Gasteiger partial charge < -0.3 is 5.73 Å². The molecule has 0 saturated heterocycles. The van der Waals surface area contributed by atoms with Crippen LogP contribution in [0.3, 0.4) is 0 Å². The van der Waals surface area contributed by atoms with E-state index in [-0.39, 0.29) is 0 Å². The summed E-state index contributed by atoms with van der Waals surface area (Å²) in [4.78, 5) is 5.12. The first-order valence-corrected chi connectivity index (χ1v) is 6.59. The average Bonchev–Trinajstić information content (AvgIpc) is 2.54. The van der Waals surface area contributed by atoms with Crippen LogP contribution >= 0.6 is 39.0 Å². The quantitative estimate of drug-likeness (QED) is 0.682. The number of rotatable bonds is 4. The minimum atomic E-state index is 0.532. The summed E-state index contributed by atoms with van der Waals surface area (Å²) in [5.74, 6) is 0.532. The van der Waals surface area contributed by atoms with Gasteiger partial charge in [-0.15, -0.1) is 23.1 Å². The van der Waals surface area contributed by atoms with Crippen LogP contribution in [0.4, 0.5) is 0 Å². The number of aryl methyl sites for hydroxylation is 1. The van der Waals surface area contributed by atoms with E-state index in [1.54, 1.807) is 11.3 Å². The van der Waals surface area contributed by atoms with E-state index in [1.807, 2.05) is 0 Å². The van der Waals surface area contributed by atoms with Crippen molar-refractivity contribution in [2.75, 3.05) is 5.88 Å². The summed E-state index contributed by atoms with van der Waals surface area (Å²) < 4.78 is 0.942. The van der Waals surface area contributed by atoms with Gasteiger partial charge in [0.15, 0.2) is 0 Å². The van der Waals surface area contributed by atoms with Gasteiger partial charge >= 0.3 is 0 Å². The highest BCUT2D eigenvalue weighted by atomic mass is 79.9. The van der Waals surface area contributed by atoms with Crippen LogP contribution in [0.25, 0.3) is 5.70 Å². The summed E-state index contributed by atoms with van der Waals surface area (Å²) in [6.45, 7) is 5.62. The maximum absolute atomic E-state index is 5.45. The smallest absolute Gasteiger partial charge is 0.100 e. The number of hydrogen-bond donors (Lipinski definition) is 1. The predicted octanol–water partition coefficient (Wildman–Crippen LogP) is 3.43. The van der Waals surface area contributed by atoms with Gasteiger partial charge in [-0.2, -0.15) is 0 Å². The van der Waals surface area contributed by atoms with E-state index in [4.69, 9.17) is 5.73 Å². The van der Waals surface area contributed by atoms with Crippen LogP contribution in [0.15, 0.2) is 20.3 Å². The SMILES string of the molecule is C=N/C(=C(/Br)SCN)c1cc(C)cs1. The normalized spacial score (nSPS) is 12.5. The van der Waals surface area contributed by atoms with Crippen molar-refractivity contribution in [3.8, 4) is 0 Å². The van der Waals surface area contributed by atoms with Gasteiger partial charge in [-0.25, -0.2) is 0 Å². The molecule has 0 amide bonds. The Morgan fingerprint density at radius 1 is 1.79 bits per heavy atom. The average molecular weight is 291 g/mol. The largest absolute Gasteiger partial charge is 0.322 e. The summed E-state index contributed by atoms with van der Waals surface area (Å²) in [5.41, 5.74) is 7.56. The third-order valence-corrected chi connectivity index (χ3v) is 4.25. The van der Waals surface area contributed by atoms with Crippen LogP contribution < -0.4 is 5.73 Å². The molecule has 5 heteroatoms. The van der Waals surface area contributed by atoms with Gasteiger partial charge in [0.05, 0.1) is 8.69 Å². The van der Waals surface area contributed by atoms with E-state index in [0.29, 0.717) is 5.88 Å². The summed E-state index contributed by atoms with van der Waals surface area (Å²) in [6, 6.07) is 2.09. The zero-order valence-electron chi connectivity index (χ0n) is 7.79. The molecule has 0 bridgehead atoms. The van der Waals surface area contributed by atoms with Crippen molar-refractivity contribution in [2.45, 2.75) is 6.92 Å². The Labute approximate surface area is 100 Å². The van der Waals surface area contributed by atoms with Gasteiger partial charge in [0.1, 0.15) is 5.70 Å². The Morgan fingerprint density at radius 3 is 2.93 bits per heavy atom. The fourth-order valence-electron chi connectivity index (χ4n) is 0.934. The second-order valence-corrected chi connectivity index (χ2v) is 5.84. The first-order chi connectivity index (χ1) is 6.69. The summed E-state index contributed by atoms with van der Waals surface area (Å²) in [6.07, 6.45) is 0. The molecule has 1 aromatic heterocycles. The van der Waals surface area contributed by atoms with Crippen molar-refractivity contribution in [2.24, 2.45) is 10.7 Å². The van der Waals surface area contributed by atoms with Crippen molar-refractivity contribution in [1.82, 2.24) is 0 Å². The molecule has 0 atom stereocenters. The molecule has 2 N–H and O–H groups in total. The number of hydrogen-bond acceptors (Lipinski definition) is 4. The topological polar surface area (TPSA) is 38.4 Å². The van der Waals surface area contributed by atoms with E-state index < -0.39 is 0 Å². The number of nitrogens with zero attached hydrogens (tertiary/aromatic N) is 1. The third-order valence-electron chi connectivity index (χ3n) is 1.52. The van der Waals surface area contributed by atoms with E-state index in [9.17, 15) is 0 Å². The maximum Gasteiger partial charge on any atom is 0.100 e. The van der Waals surface area contributed by atoms with E-state index >= 15 is 0 Å². The van der Waals surface area contributed by atoms with Gasteiger partial charge in [-0.1, -0.05) is 0 Å². The third kappa shape index (κ3) is 2.95. The Bertz CT molecular complexity index is 357. The van der Waals surface area contributed by atoms with Crippen molar-refractivity contribution >= 4 is 51.4 Å². The van der Waals surface area contributed by atoms with Crippen molar-refractivity contribution in [3.05, 3.63) is 25.7 Å². The van der Waals surface area contributed by atoms with E-state index in [0.717, 1.165) is 14.4 Å². The Kier molecular flexibility index (Phi) is 4.88. The predicted molar refractivity (Wildman–Crippen MR) is 71.1 cm³/mol. The molecule has 0 spiro atoms. The zero-order valence-corrected chi connectivity index (χ0v) is 11.0. The molecule has 76 valence electrons. The molecular formula is C9H11BrN2S2. The van der Waals surface area contributed by atoms with Gasteiger partial charge in [-0.05, 0) is 46.6 Å². The molecule has 0 aliphatic heterocycles. The molecule has 1 aromatic rings. The number of aliphatic imine (C=N–C) groups is 1. The molecule has 1 rings (SSSR count). The Morgan fingerprint density at radius 2 is 2.50 bits per heavy atom. The van der Waals surface area contributed by atoms with Gasteiger partial charge in [0.2, 0.25) is 0 Å². The van der Waals surface area contributed by atoms with Crippen LogP contribution in [0.2, 0.25) is 0 Å². The minimum Gasteiger partial charge on any atom is -0.322 e. The summed E-state index contributed by atoms with van der Waals surface area (Å²) in [5, 5.41) is 2.09. The van der Waals surface area contributed by atoms with Gasteiger partial charge in [-0.3, -0.25) is 4.99 Å². The molecule has 0 fully saturated rings. The van der Waals surface area contributed by atoms with Crippen LogP contribution in [0.1, 0.15) is 10.4 Å². The number of thioether (sulfide) groups is 1. The standard InChI is InChI=1S/C9H11BrN2S2/c1-6-3-7(13-4-6)8(12-2)9(10)14-5-11/h3-4H,2,5,11H2,1H3/b9-8-. The minimum absolute atomic E-state index is 0.532. The summed E-state index contributed by atoms with van der Waals surface area (Å²) >= 11 is 6.62. The lowest BCUT2D eigenvalue weighted by molar-refractivity contribution is 1.41. The molecule has 0 aliphatic carbocycles. The number of nitrogens with two attached hydrogens (primary N) is 1. The highest BCUT2D eigenvalue weighted by molar-refractivity contribution is 9.14. The van der Waals surface area contributed by atoms with Crippen molar-refractivity contribution < 1.29 is 0 Å². The van der Waals surface area contributed by atoms with Crippen LogP contribution in [0.5, 0.6) is 0 Å².